The summed E-state index contributed by atoms with van der Waals surface area (Å²) in [5.74, 6) is -1.71. The molecule has 4 N–H and O–H groups in total. The van der Waals surface area contributed by atoms with E-state index in [1.165, 1.54) is 24.1 Å². The molecule has 5 amide bonds. The van der Waals surface area contributed by atoms with E-state index in [2.05, 4.69) is 15.6 Å². The third-order valence-corrected chi connectivity index (χ3v) is 6.60. The number of urea groups is 1. The molecular weight excluding hydrogens is 505 g/mol. The molecule has 1 fully saturated rings. The SMILES string of the molecule is Cc1cc(C(=O)NCC(O)CN2C(=O)CN(C)C2=O)c(/C=C2\C(=O)Nc3cccc(-c4cccc(F)c4)c32)[nH]1. The normalized spacial score (nSPS) is 16.6. The third kappa shape index (κ3) is 5.04. The number of hydrogen-bond donors (Lipinski definition) is 4. The van der Waals surface area contributed by atoms with E-state index in [0.717, 1.165) is 4.90 Å². The van der Waals surface area contributed by atoms with Gasteiger partial charge in [-0.3, -0.25) is 19.3 Å². The van der Waals surface area contributed by atoms with E-state index in [1.54, 1.807) is 49.4 Å². The number of anilines is 1. The van der Waals surface area contributed by atoms with Gasteiger partial charge in [-0.25, -0.2) is 9.18 Å². The minimum atomic E-state index is -1.17. The van der Waals surface area contributed by atoms with Crippen LogP contribution in [0.15, 0.2) is 48.5 Å². The molecule has 1 unspecified atom stereocenters. The van der Waals surface area contributed by atoms with Gasteiger partial charge in [-0.1, -0.05) is 24.3 Å². The van der Waals surface area contributed by atoms with Crippen molar-refractivity contribution in [3.63, 3.8) is 0 Å². The van der Waals surface area contributed by atoms with Crippen molar-refractivity contribution in [3.05, 3.63) is 76.9 Å². The van der Waals surface area contributed by atoms with Gasteiger partial charge in [0.05, 0.1) is 29.5 Å². The van der Waals surface area contributed by atoms with Crippen LogP contribution in [-0.2, 0) is 9.59 Å². The highest BCUT2D eigenvalue weighted by atomic mass is 19.1. The van der Waals surface area contributed by atoms with E-state index in [1.807, 2.05) is 0 Å². The van der Waals surface area contributed by atoms with Crippen molar-refractivity contribution >= 4 is 41.1 Å². The van der Waals surface area contributed by atoms with Gasteiger partial charge in [-0.2, -0.15) is 0 Å². The smallest absolute Gasteiger partial charge is 0.327 e. The first-order valence-electron chi connectivity index (χ1n) is 12.3. The number of carbonyl (C=O) groups is 4. The largest absolute Gasteiger partial charge is 0.389 e. The molecule has 0 bridgehead atoms. The minimum Gasteiger partial charge on any atom is -0.389 e. The number of aliphatic hydroxyl groups is 1. The number of aliphatic hydroxyl groups excluding tert-OH is 1. The zero-order chi connectivity index (χ0) is 27.8. The van der Waals surface area contributed by atoms with Crippen LogP contribution in [-0.4, -0.2) is 76.4 Å². The summed E-state index contributed by atoms with van der Waals surface area (Å²) >= 11 is 0. The van der Waals surface area contributed by atoms with Gasteiger partial charge in [0.15, 0.2) is 0 Å². The number of β-amino-alcohol motifs (C(OH)–C–C–N with tert-alkyl or cyclic N) is 1. The van der Waals surface area contributed by atoms with Crippen LogP contribution in [0.4, 0.5) is 14.9 Å². The molecule has 2 aliphatic heterocycles. The number of nitrogens with one attached hydrogen (secondary N) is 3. The van der Waals surface area contributed by atoms with Crippen molar-refractivity contribution < 1.29 is 28.7 Å². The standard InChI is InChI=1S/C28H26FN5O5/c1-15-9-20(26(37)30-12-18(35)13-34-24(36)14-33(2)28(34)39)23(31-15)11-21-25-19(16-5-3-6-17(29)10-16)7-4-8-22(25)32-27(21)38/h3-11,18,31,35H,12-14H2,1-2H3,(H,30,37)(H,32,38)/b21-11-. The number of likely N-dealkylation sites (N-methyl/N-ethyl adjacent to an activating group) is 1. The number of rotatable bonds is 7. The molecule has 3 aromatic rings. The first-order valence-corrected chi connectivity index (χ1v) is 12.3. The summed E-state index contributed by atoms with van der Waals surface area (Å²) in [4.78, 5) is 55.3. The fourth-order valence-electron chi connectivity index (χ4n) is 4.77. The molecule has 200 valence electrons. The number of aromatic nitrogens is 1. The van der Waals surface area contributed by atoms with E-state index in [9.17, 15) is 28.7 Å². The first kappa shape index (κ1) is 25.9. The van der Waals surface area contributed by atoms with Crippen LogP contribution in [0.5, 0.6) is 0 Å². The van der Waals surface area contributed by atoms with Crippen molar-refractivity contribution in [1.29, 1.82) is 0 Å². The molecule has 5 rings (SSSR count). The summed E-state index contributed by atoms with van der Waals surface area (Å²) in [6, 6.07) is 12.5. The van der Waals surface area contributed by atoms with Crippen molar-refractivity contribution in [2.45, 2.75) is 13.0 Å². The van der Waals surface area contributed by atoms with Gasteiger partial charge in [0, 0.05) is 30.5 Å². The Hall–Kier alpha value is -4.77. The molecule has 10 nitrogen and oxygen atoms in total. The Kier molecular flexibility index (Phi) is 6.75. The average Bonchev–Trinajstić information content (AvgIpc) is 3.51. The Morgan fingerprint density at radius 2 is 1.95 bits per heavy atom. The van der Waals surface area contributed by atoms with Gasteiger partial charge in [0.1, 0.15) is 12.4 Å². The van der Waals surface area contributed by atoms with Gasteiger partial charge >= 0.3 is 6.03 Å². The molecule has 0 saturated carbocycles. The molecule has 3 heterocycles. The fourth-order valence-corrected chi connectivity index (χ4v) is 4.77. The van der Waals surface area contributed by atoms with Crippen molar-refractivity contribution in [1.82, 2.24) is 20.1 Å². The highest BCUT2D eigenvalue weighted by Gasteiger charge is 2.35. The van der Waals surface area contributed by atoms with Crippen molar-refractivity contribution in [2.75, 3.05) is 32.0 Å². The van der Waals surface area contributed by atoms with Crippen molar-refractivity contribution in [3.8, 4) is 11.1 Å². The van der Waals surface area contributed by atoms with Gasteiger partial charge in [-0.15, -0.1) is 0 Å². The number of amides is 5. The Balaban J connectivity index is 1.39. The van der Waals surface area contributed by atoms with E-state index in [4.69, 9.17) is 0 Å². The third-order valence-electron chi connectivity index (χ3n) is 6.60. The Labute approximate surface area is 223 Å². The zero-order valence-electron chi connectivity index (χ0n) is 21.2. The number of imide groups is 1. The summed E-state index contributed by atoms with van der Waals surface area (Å²) in [5, 5.41) is 15.8. The number of carbonyl (C=O) groups excluding carboxylic acids is 4. The number of nitrogens with zero attached hydrogens (tertiary/aromatic N) is 2. The molecule has 39 heavy (non-hydrogen) atoms. The summed E-state index contributed by atoms with van der Waals surface area (Å²) < 4.78 is 14.0. The summed E-state index contributed by atoms with van der Waals surface area (Å²) in [6.45, 7) is 1.25. The molecule has 2 aromatic carbocycles. The Bertz CT molecular complexity index is 1540. The molecule has 0 radical (unpaired) electrons. The second-order valence-corrected chi connectivity index (χ2v) is 9.54. The number of halogens is 1. The van der Waals surface area contributed by atoms with Crippen LogP contribution in [0.1, 0.15) is 27.3 Å². The zero-order valence-corrected chi connectivity index (χ0v) is 21.2. The van der Waals surface area contributed by atoms with Crippen LogP contribution >= 0.6 is 0 Å². The van der Waals surface area contributed by atoms with Crippen LogP contribution < -0.4 is 10.6 Å². The lowest BCUT2D eigenvalue weighted by Crippen LogP contribution is -2.43. The predicted octanol–water partition coefficient (Wildman–Crippen LogP) is 2.61. The molecule has 0 spiro atoms. The predicted molar refractivity (Wildman–Crippen MR) is 142 cm³/mol. The molecule has 1 aromatic heterocycles. The van der Waals surface area contributed by atoms with Crippen LogP contribution in [0.3, 0.4) is 0 Å². The maximum atomic E-state index is 14.0. The lowest BCUT2D eigenvalue weighted by Gasteiger charge is -2.18. The Morgan fingerprint density at radius 1 is 1.18 bits per heavy atom. The van der Waals surface area contributed by atoms with E-state index in [0.29, 0.717) is 39.3 Å². The van der Waals surface area contributed by atoms with Gasteiger partial charge in [0.2, 0.25) is 5.91 Å². The quantitative estimate of drug-likeness (QED) is 0.275. The number of aromatic amines is 1. The van der Waals surface area contributed by atoms with Crippen LogP contribution in [0.2, 0.25) is 0 Å². The lowest BCUT2D eigenvalue weighted by molar-refractivity contribution is -0.126. The monoisotopic (exact) mass is 531 g/mol. The molecular formula is C28H26FN5O5. The van der Waals surface area contributed by atoms with Gasteiger partial charge < -0.3 is 25.6 Å². The highest BCUT2D eigenvalue weighted by Crippen LogP contribution is 2.40. The molecule has 2 aliphatic rings. The summed E-state index contributed by atoms with van der Waals surface area (Å²) in [6.07, 6.45) is 0.399. The second kappa shape index (κ2) is 10.2. The summed E-state index contributed by atoms with van der Waals surface area (Å²) in [5.41, 5.74) is 4.00. The van der Waals surface area contributed by atoms with Crippen LogP contribution in [0, 0.1) is 12.7 Å². The highest BCUT2D eigenvalue weighted by molar-refractivity contribution is 6.36. The number of hydrogen-bond acceptors (Lipinski definition) is 5. The second-order valence-electron chi connectivity index (χ2n) is 9.54. The van der Waals surface area contributed by atoms with Gasteiger partial charge in [0.25, 0.3) is 11.8 Å². The lowest BCUT2D eigenvalue weighted by atomic mass is 9.94. The molecule has 1 saturated heterocycles. The van der Waals surface area contributed by atoms with Gasteiger partial charge in [-0.05, 0) is 48.4 Å². The van der Waals surface area contributed by atoms with Crippen molar-refractivity contribution in [2.24, 2.45) is 0 Å². The maximum absolute atomic E-state index is 14.0. The fraction of sp³-hybridized carbons (Fsp3) is 0.214. The number of aryl methyl sites for hydroxylation is 1. The van der Waals surface area contributed by atoms with E-state index in [-0.39, 0.29) is 31.1 Å². The first-order chi connectivity index (χ1) is 18.6. The molecule has 11 heteroatoms. The topological polar surface area (TPSA) is 135 Å². The Morgan fingerprint density at radius 3 is 2.67 bits per heavy atom. The van der Waals surface area contributed by atoms with E-state index >= 15 is 0 Å². The van der Waals surface area contributed by atoms with Crippen LogP contribution in [0.25, 0.3) is 22.8 Å². The minimum absolute atomic E-state index is 0.0593. The average molecular weight is 532 g/mol. The molecule has 0 aliphatic carbocycles. The molecule has 1 atom stereocenters. The van der Waals surface area contributed by atoms with E-state index < -0.39 is 29.8 Å². The summed E-state index contributed by atoms with van der Waals surface area (Å²) in [7, 11) is 1.49. The number of fused-ring (bicyclic) bond motifs is 1. The number of H-pyrrole nitrogens is 1. The maximum Gasteiger partial charge on any atom is 0.327 e. The number of benzene rings is 2.